The Balaban J connectivity index is 2.07. The molecule has 1 N–H and O–H groups in total. The number of ether oxygens (including phenoxy) is 1. The molecular formula is C26H27Cl2N3O5S. The van der Waals surface area contributed by atoms with Gasteiger partial charge in [0.25, 0.3) is 10.0 Å². The topological polar surface area (TPSA) is 96.0 Å². The lowest BCUT2D eigenvalue weighted by molar-refractivity contribution is -0.139. The molecular weight excluding hydrogens is 537 g/mol. The van der Waals surface area contributed by atoms with Crippen molar-refractivity contribution in [2.24, 2.45) is 0 Å². The first-order valence-electron chi connectivity index (χ1n) is 11.3. The summed E-state index contributed by atoms with van der Waals surface area (Å²) in [5, 5.41) is 3.12. The molecule has 0 bridgehead atoms. The number of methoxy groups -OCH3 is 1. The van der Waals surface area contributed by atoms with Gasteiger partial charge in [0, 0.05) is 18.6 Å². The molecule has 2 amide bonds. The average Bonchev–Trinajstić information content (AvgIpc) is 2.90. The summed E-state index contributed by atoms with van der Waals surface area (Å²) < 4.78 is 33.6. The van der Waals surface area contributed by atoms with Crippen LogP contribution in [0.2, 0.25) is 10.0 Å². The number of hydrogen-bond donors (Lipinski definition) is 1. The van der Waals surface area contributed by atoms with Gasteiger partial charge in [-0.15, -0.1) is 0 Å². The van der Waals surface area contributed by atoms with Crippen molar-refractivity contribution in [1.82, 2.24) is 10.2 Å². The number of hydrogen-bond acceptors (Lipinski definition) is 5. The van der Waals surface area contributed by atoms with Crippen molar-refractivity contribution in [3.05, 3.63) is 88.4 Å². The zero-order valence-corrected chi connectivity index (χ0v) is 22.8. The molecule has 0 aliphatic rings. The number of anilines is 1. The first-order valence-corrected chi connectivity index (χ1v) is 13.5. The Labute approximate surface area is 226 Å². The molecule has 37 heavy (non-hydrogen) atoms. The molecule has 8 nitrogen and oxygen atoms in total. The summed E-state index contributed by atoms with van der Waals surface area (Å²) in [6, 6.07) is 18.2. The Morgan fingerprint density at radius 1 is 0.973 bits per heavy atom. The van der Waals surface area contributed by atoms with Crippen LogP contribution in [0.25, 0.3) is 0 Å². The van der Waals surface area contributed by atoms with Crippen LogP contribution in [0.4, 0.5) is 5.69 Å². The van der Waals surface area contributed by atoms with Gasteiger partial charge in [-0.2, -0.15) is 0 Å². The van der Waals surface area contributed by atoms with E-state index >= 15 is 0 Å². The van der Waals surface area contributed by atoms with Gasteiger partial charge in [-0.05, 0) is 48.9 Å². The zero-order chi connectivity index (χ0) is 27.2. The maximum Gasteiger partial charge on any atom is 0.264 e. The first kappa shape index (κ1) is 28.3. The number of carbonyl (C=O) groups excluding carboxylic acids is 2. The molecule has 11 heteroatoms. The highest BCUT2D eigenvalue weighted by molar-refractivity contribution is 7.92. The standard InChI is InChI=1S/C26H27Cl2N3O5S/c1-18(26(33)29-2)30(16-19-9-7-8-12-22(19)27)25(32)17-31(20-13-14-24(36-3)23(28)15-20)37(34,35)21-10-5-4-6-11-21/h4-15,18H,16-17H2,1-3H3,(H,29,33). The first-order chi connectivity index (χ1) is 17.6. The zero-order valence-electron chi connectivity index (χ0n) is 20.5. The van der Waals surface area contributed by atoms with E-state index in [0.717, 1.165) is 4.31 Å². The quantitative estimate of drug-likeness (QED) is 0.395. The van der Waals surface area contributed by atoms with Crippen LogP contribution in [-0.2, 0) is 26.2 Å². The van der Waals surface area contributed by atoms with Gasteiger partial charge in [-0.3, -0.25) is 13.9 Å². The number of halogens is 2. The van der Waals surface area contributed by atoms with Crippen LogP contribution in [0.5, 0.6) is 5.75 Å². The minimum atomic E-state index is -4.19. The third-order valence-corrected chi connectivity index (χ3v) is 8.20. The van der Waals surface area contributed by atoms with Gasteiger partial charge in [-0.1, -0.05) is 59.6 Å². The van der Waals surface area contributed by atoms with E-state index in [1.54, 1.807) is 49.4 Å². The molecule has 1 unspecified atom stereocenters. The molecule has 0 radical (unpaired) electrons. The van der Waals surface area contributed by atoms with Crippen LogP contribution in [0.3, 0.4) is 0 Å². The maximum absolute atomic E-state index is 13.7. The van der Waals surface area contributed by atoms with E-state index in [1.807, 2.05) is 0 Å². The second-order valence-electron chi connectivity index (χ2n) is 8.05. The highest BCUT2D eigenvalue weighted by atomic mass is 35.5. The van der Waals surface area contributed by atoms with E-state index in [4.69, 9.17) is 27.9 Å². The van der Waals surface area contributed by atoms with Gasteiger partial charge in [0.15, 0.2) is 0 Å². The summed E-state index contributed by atoms with van der Waals surface area (Å²) in [5.74, 6) is -0.671. The molecule has 3 rings (SSSR count). The van der Waals surface area contributed by atoms with Gasteiger partial charge < -0.3 is 15.0 Å². The van der Waals surface area contributed by atoms with Crippen molar-refractivity contribution in [3.63, 3.8) is 0 Å². The number of likely N-dealkylation sites (N-methyl/N-ethyl adjacent to an activating group) is 1. The summed E-state index contributed by atoms with van der Waals surface area (Å²) in [7, 11) is -1.29. The summed E-state index contributed by atoms with van der Waals surface area (Å²) in [5.41, 5.74) is 0.770. The van der Waals surface area contributed by atoms with Crippen molar-refractivity contribution in [1.29, 1.82) is 0 Å². The van der Waals surface area contributed by atoms with Crippen LogP contribution >= 0.6 is 23.2 Å². The van der Waals surface area contributed by atoms with Crippen LogP contribution in [0, 0.1) is 0 Å². The molecule has 0 aliphatic heterocycles. The predicted octanol–water partition coefficient (Wildman–Crippen LogP) is 4.36. The van der Waals surface area contributed by atoms with Crippen molar-refractivity contribution in [3.8, 4) is 5.75 Å². The third-order valence-electron chi connectivity index (χ3n) is 5.75. The number of amides is 2. The molecule has 0 spiro atoms. The minimum absolute atomic E-state index is 0.00428. The van der Waals surface area contributed by atoms with E-state index in [9.17, 15) is 18.0 Å². The average molecular weight is 564 g/mol. The van der Waals surface area contributed by atoms with Gasteiger partial charge in [-0.25, -0.2) is 8.42 Å². The molecule has 0 aromatic heterocycles. The van der Waals surface area contributed by atoms with Crippen LogP contribution in [0.15, 0.2) is 77.7 Å². The molecule has 196 valence electrons. The highest BCUT2D eigenvalue weighted by Gasteiger charge is 2.32. The normalized spacial score (nSPS) is 11.9. The predicted molar refractivity (Wildman–Crippen MR) is 145 cm³/mol. The fraction of sp³-hybridized carbons (Fsp3) is 0.231. The lowest BCUT2D eigenvalue weighted by atomic mass is 10.1. The number of carbonyl (C=O) groups is 2. The SMILES string of the molecule is CNC(=O)C(C)N(Cc1ccccc1Cl)C(=O)CN(c1ccc(OC)c(Cl)c1)S(=O)(=O)c1ccccc1. The lowest BCUT2D eigenvalue weighted by Gasteiger charge is -2.32. The summed E-state index contributed by atoms with van der Waals surface area (Å²) in [6.07, 6.45) is 0. The molecule has 3 aromatic rings. The second kappa shape index (κ2) is 12.3. The van der Waals surface area contributed by atoms with E-state index in [2.05, 4.69) is 5.32 Å². The smallest absolute Gasteiger partial charge is 0.264 e. The van der Waals surface area contributed by atoms with Crippen molar-refractivity contribution >= 4 is 50.7 Å². The van der Waals surface area contributed by atoms with Gasteiger partial charge in [0.05, 0.1) is 22.7 Å². The van der Waals surface area contributed by atoms with E-state index in [0.29, 0.717) is 16.3 Å². The van der Waals surface area contributed by atoms with E-state index < -0.39 is 34.4 Å². The molecule has 0 saturated heterocycles. The van der Waals surface area contributed by atoms with E-state index in [-0.39, 0.29) is 22.2 Å². The fourth-order valence-corrected chi connectivity index (χ4v) is 5.53. The number of nitrogens with zero attached hydrogens (tertiary/aromatic N) is 2. The van der Waals surface area contributed by atoms with Crippen molar-refractivity contribution in [2.75, 3.05) is 25.0 Å². The molecule has 0 aliphatic carbocycles. The number of rotatable bonds is 10. The van der Waals surface area contributed by atoms with Crippen molar-refractivity contribution < 1.29 is 22.7 Å². The number of nitrogens with one attached hydrogen (secondary N) is 1. The Morgan fingerprint density at radius 3 is 2.22 bits per heavy atom. The Bertz CT molecular complexity index is 1370. The molecule has 0 fully saturated rings. The van der Waals surface area contributed by atoms with Crippen LogP contribution in [-0.4, -0.2) is 51.9 Å². The monoisotopic (exact) mass is 563 g/mol. The Hall–Kier alpha value is -3.27. The van der Waals surface area contributed by atoms with Crippen molar-refractivity contribution in [2.45, 2.75) is 24.4 Å². The Kier molecular flexibility index (Phi) is 9.42. The van der Waals surface area contributed by atoms with Gasteiger partial charge in [0.1, 0.15) is 18.3 Å². The molecule has 3 aromatic carbocycles. The highest BCUT2D eigenvalue weighted by Crippen LogP contribution is 2.32. The molecule has 0 saturated carbocycles. The minimum Gasteiger partial charge on any atom is -0.495 e. The van der Waals surface area contributed by atoms with E-state index in [1.165, 1.54) is 49.4 Å². The van der Waals surface area contributed by atoms with Crippen LogP contribution < -0.4 is 14.4 Å². The largest absolute Gasteiger partial charge is 0.495 e. The maximum atomic E-state index is 13.7. The lowest BCUT2D eigenvalue weighted by Crippen LogP contribution is -2.50. The summed E-state index contributed by atoms with van der Waals surface area (Å²) >= 11 is 12.6. The number of benzene rings is 3. The summed E-state index contributed by atoms with van der Waals surface area (Å²) in [4.78, 5) is 27.5. The third kappa shape index (κ3) is 6.54. The molecule has 1 atom stereocenters. The van der Waals surface area contributed by atoms with Crippen LogP contribution in [0.1, 0.15) is 12.5 Å². The fourth-order valence-electron chi connectivity index (χ4n) is 3.66. The number of sulfonamides is 1. The van der Waals surface area contributed by atoms with Gasteiger partial charge in [0.2, 0.25) is 11.8 Å². The Morgan fingerprint density at radius 2 is 1.62 bits per heavy atom. The second-order valence-corrected chi connectivity index (χ2v) is 10.7. The van der Waals surface area contributed by atoms with Gasteiger partial charge >= 0.3 is 0 Å². The molecule has 0 heterocycles. The summed E-state index contributed by atoms with van der Waals surface area (Å²) in [6.45, 7) is 0.967.